The monoisotopic (exact) mass is 262 g/mol. The van der Waals surface area contributed by atoms with Gasteiger partial charge in [-0.05, 0) is 19.0 Å². The summed E-state index contributed by atoms with van der Waals surface area (Å²) >= 11 is 1.47. The maximum absolute atomic E-state index is 11.8. The van der Waals surface area contributed by atoms with Gasteiger partial charge in [-0.25, -0.2) is 13.1 Å². The number of rotatable bonds is 7. The van der Waals surface area contributed by atoms with Crippen molar-refractivity contribution in [3.05, 3.63) is 16.3 Å². The molecule has 0 bridgehead atoms. The molecule has 0 aliphatic heterocycles. The van der Waals surface area contributed by atoms with Crippen LogP contribution in [0, 0.1) is 0 Å². The van der Waals surface area contributed by atoms with Crippen LogP contribution in [0.15, 0.2) is 16.3 Å². The smallest absolute Gasteiger partial charge is 0.241 e. The van der Waals surface area contributed by atoms with Gasteiger partial charge >= 0.3 is 0 Å². The molecule has 16 heavy (non-hydrogen) atoms. The number of thiophene rings is 1. The van der Waals surface area contributed by atoms with Gasteiger partial charge in [0.05, 0.1) is 4.90 Å². The highest BCUT2D eigenvalue weighted by Crippen LogP contribution is 2.18. The van der Waals surface area contributed by atoms with Crippen LogP contribution in [0.5, 0.6) is 0 Å². The van der Waals surface area contributed by atoms with Crippen molar-refractivity contribution in [3.8, 4) is 0 Å². The first kappa shape index (κ1) is 13.6. The van der Waals surface area contributed by atoms with Gasteiger partial charge in [0.15, 0.2) is 0 Å². The average Bonchev–Trinajstić information content (AvgIpc) is 2.73. The van der Waals surface area contributed by atoms with E-state index in [9.17, 15) is 8.42 Å². The van der Waals surface area contributed by atoms with Gasteiger partial charge in [0.2, 0.25) is 10.0 Å². The molecule has 0 spiro atoms. The normalized spacial score (nSPS) is 11.9. The van der Waals surface area contributed by atoms with Crippen molar-refractivity contribution >= 4 is 21.4 Å². The Morgan fingerprint density at radius 2 is 2.12 bits per heavy atom. The van der Waals surface area contributed by atoms with E-state index < -0.39 is 10.0 Å². The first-order chi connectivity index (χ1) is 7.60. The minimum atomic E-state index is -3.29. The molecule has 1 rings (SSSR count). The van der Waals surface area contributed by atoms with Crippen LogP contribution < -0.4 is 10.0 Å². The number of hydrogen-bond acceptors (Lipinski definition) is 4. The molecule has 92 valence electrons. The third kappa shape index (κ3) is 3.86. The summed E-state index contributed by atoms with van der Waals surface area (Å²) < 4.78 is 26.1. The Morgan fingerprint density at radius 1 is 1.38 bits per heavy atom. The van der Waals surface area contributed by atoms with Crippen LogP contribution in [0.1, 0.15) is 25.1 Å². The molecule has 4 nitrogen and oxygen atoms in total. The van der Waals surface area contributed by atoms with Crippen molar-refractivity contribution in [2.24, 2.45) is 0 Å². The highest BCUT2D eigenvalue weighted by atomic mass is 32.2. The lowest BCUT2D eigenvalue weighted by atomic mass is 10.4. The summed E-state index contributed by atoms with van der Waals surface area (Å²) in [6, 6.07) is 1.73. The third-order valence-corrected chi connectivity index (χ3v) is 4.56. The number of sulfonamides is 1. The zero-order valence-electron chi connectivity index (χ0n) is 9.62. The Morgan fingerprint density at radius 3 is 2.75 bits per heavy atom. The van der Waals surface area contributed by atoms with Crippen molar-refractivity contribution in [2.45, 2.75) is 31.7 Å². The number of hydrogen-bond donors (Lipinski definition) is 2. The van der Waals surface area contributed by atoms with Crippen molar-refractivity contribution in [1.82, 2.24) is 10.0 Å². The Labute approximate surface area is 101 Å². The second kappa shape index (κ2) is 6.34. The predicted molar refractivity (Wildman–Crippen MR) is 67.2 cm³/mol. The zero-order chi connectivity index (χ0) is 12.0. The maximum atomic E-state index is 11.8. The van der Waals surface area contributed by atoms with E-state index in [1.165, 1.54) is 11.3 Å². The summed E-state index contributed by atoms with van der Waals surface area (Å²) in [6.07, 6.45) is 0.799. The molecular formula is C10H18N2O2S2. The molecule has 6 heteroatoms. The van der Waals surface area contributed by atoms with Crippen LogP contribution in [-0.4, -0.2) is 21.5 Å². The van der Waals surface area contributed by atoms with Gasteiger partial charge in [0.1, 0.15) is 0 Å². The zero-order valence-corrected chi connectivity index (χ0v) is 11.2. The molecule has 0 aliphatic rings. The molecule has 1 aromatic heterocycles. The van der Waals surface area contributed by atoms with Crippen LogP contribution in [0.4, 0.5) is 0 Å². The first-order valence-corrected chi connectivity index (χ1v) is 7.74. The minimum absolute atomic E-state index is 0.374. The molecule has 0 atom stereocenters. The largest absolute Gasteiger partial charge is 0.312 e. The standard InChI is InChI=1S/C10H18N2O2S2/c1-3-5-12-16(13,14)10-6-9(15-8-10)7-11-4-2/h6,8,11-12H,3-5,7H2,1-2H3. The highest BCUT2D eigenvalue weighted by molar-refractivity contribution is 7.89. The average molecular weight is 262 g/mol. The Kier molecular flexibility index (Phi) is 5.40. The maximum Gasteiger partial charge on any atom is 0.241 e. The Bertz CT molecular complexity index is 412. The topological polar surface area (TPSA) is 58.2 Å². The van der Waals surface area contributed by atoms with E-state index in [2.05, 4.69) is 10.0 Å². The van der Waals surface area contributed by atoms with Crippen LogP contribution in [0.3, 0.4) is 0 Å². The van der Waals surface area contributed by atoms with Crippen molar-refractivity contribution < 1.29 is 8.42 Å². The lowest BCUT2D eigenvalue weighted by Gasteiger charge is -2.02. The van der Waals surface area contributed by atoms with Crippen LogP contribution >= 0.6 is 11.3 Å². The Balaban J connectivity index is 2.69. The third-order valence-electron chi connectivity index (χ3n) is 2.03. The van der Waals surface area contributed by atoms with Crippen molar-refractivity contribution in [2.75, 3.05) is 13.1 Å². The molecule has 1 heterocycles. The first-order valence-electron chi connectivity index (χ1n) is 5.38. The molecule has 0 fully saturated rings. The van der Waals surface area contributed by atoms with Gasteiger partial charge in [0, 0.05) is 23.3 Å². The van der Waals surface area contributed by atoms with Gasteiger partial charge in [-0.15, -0.1) is 11.3 Å². The van der Waals surface area contributed by atoms with E-state index in [1.807, 2.05) is 13.8 Å². The number of nitrogens with one attached hydrogen (secondary N) is 2. The van der Waals surface area contributed by atoms with E-state index in [0.717, 1.165) is 24.4 Å². The van der Waals surface area contributed by atoms with Crippen LogP contribution in [0.2, 0.25) is 0 Å². The minimum Gasteiger partial charge on any atom is -0.312 e. The quantitative estimate of drug-likeness (QED) is 0.784. The second-order valence-corrected chi connectivity index (χ2v) is 6.19. The SMILES string of the molecule is CCCNS(=O)(=O)c1csc(CNCC)c1. The highest BCUT2D eigenvalue weighted by Gasteiger charge is 2.14. The molecule has 0 radical (unpaired) electrons. The fourth-order valence-corrected chi connectivity index (χ4v) is 3.54. The predicted octanol–water partition coefficient (Wildman–Crippen LogP) is 1.55. The molecule has 0 saturated carbocycles. The van der Waals surface area contributed by atoms with E-state index in [4.69, 9.17) is 0 Å². The molecule has 0 aliphatic carbocycles. The summed E-state index contributed by atoms with van der Waals surface area (Å²) in [5.74, 6) is 0. The fraction of sp³-hybridized carbons (Fsp3) is 0.600. The van der Waals surface area contributed by atoms with Gasteiger partial charge in [0.25, 0.3) is 0 Å². The van der Waals surface area contributed by atoms with E-state index in [0.29, 0.717) is 11.4 Å². The second-order valence-electron chi connectivity index (χ2n) is 3.43. The van der Waals surface area contributed by atoms with Crippen LogP contribution in [0.25, 0.3) is 0 Å². The van der Waals surface area contributed by atoms with E-state index in [-0.39, 0.29) is 0 Å². The molecule has 0 unspecified atom stereocenters. The van der Waals surface area contributed by atoms with Gasteiger partial charge in [-0.2, -0.15) is 0 Å². The van der Waals surface area contributed by atoms with E-state index >= 15 is 0 Å². The van der Waals surface area contributed by atoms with Gasteiger partial charge < -0.3 is 5.32 Å². The Hall–Kier alpha value is -0.430. The fourth-order valence-electron chi connectivity index (χ4n) is 1.16. The summed E-state index contributed by atoms with van der Waals surface area (Å²) in [7, 11) is -3.29. The molecule has 0 aromatic carbocycles. The summed E-state index contributed by atoms with van der Waals surface area (Å²) in [6.45, 7) is 6.06. The molecular weight excluding hydrogens is 244 g/mol. The van der Waals surface area contributed by atoms with Gasteiger partial charge in [-0.1, -0.05) is 13.8 Å². The molecule has 1 aromatic rings. The van der Waals surface area contributed by atoms with Crippen LogP contribution in [-0.2, 0) is 16.6 Å². The summed E-state index contributed by atoms with van der Waals surface area (Å²) in [5.41, 5.74) is 0. The lowest BCUT2D eigenvalue weighted by molar-refractivity contribution is 0.581. The summed E-state index contributed by atoms with van der Waals surface area (Å²) in [5, 5.41) is 4.85. The van der Waals surface area contributed by atoms with Crippen molar-refractivity contribution in [1.29, 1.82) is 0 Å². The van der Waals surface area contributed by atoms with Gasteiger partial charge in [-0.3, -0.25) is 0 Å². The molecule has 0 amide bonds. The summed E-state index contributed by atoms with van der Waals surface area (Å²) in [4.78, 5) is 1.41. The lowest BCUT2D eigenvalue weighted by Crippen LogP contribution is -2.23. The van der Waals surface area contributed by atoms with E-state index in [1.54, 1.807) is 11.4 Å². The molecule has 0 saturated heterocycles. The van der Waals surface area contributed by atoms with Crippen molar-refractivity contribution in [3.63, 3.8) is 0 Å². The molecule has 2 N–H and O–H groups in total.